The zero-order chi connectivity index (χ0) is 22.8. The first-order valence-corrected chi connectivity index (χ1v) is 9.81. The molecule has 11 heteroatoms. The molecule has 2 N–H and O–H groups in total. The molecule has 0 aliphatic carbocycles. The van der Waals surface area contributed by atoms with E-state index in [1.165, 1.54) is 32.2 Å². The van der Waals surface area contributed by atoms with E-state index >= 15 is 0 Å². The first-order valence-electron chi connectivity index (χ1n) is 9.81. The van der Waals surface area contributed by atoms with Gasteiger partial charge in [0, 0.05) is 19.6 Å². The monoisotopic (exact) mass is 437 g/mol. The molecule has 170 valence electrons. The smallest absolute Gasteiger partial charge is 0.339 e. The number of benzene rings is 1. The Kier molecular flexibility index (Phi) is 9.07. The minimum Gasteiger partial charge on any atom is -0.493 e. The van der Waals surface area contributed by atoms with Crippen molar-refractivity contribution in [2.75, 3.05) is 46.6 Å². The van der Waals surface area contributed by atoms with Gasteiger partial charge in [-0.3, -0.25) is 14.9 Å². The standard InChI is InChI=1S/C20H27N3O8/c1-4-21-20(27)22-18(25)13(2)31-19(26)14-5-6-15(16(11-14)28-3)30-12-17(24)23-7-9-29-10-8-23/h5-6,11,13H,4,7-10,12H2,1-3H3,(H2,21,22,25,27)/t13-/m0/s1. The lowest BCUT2D eigenvalue weighted by atomic mass is 10.2. The van der Waals surface area contributed by atoms with Crippen LogP contribution < -0.4 is 20.1 Å². The van der Waals surface area contributed by atoms with Crippen molar-refractivity contribution in [3.63, 3.8) is 0 Å². The number of methoxy groups -OCH3 is 1. The van der Waals surface area contributed by atoms with Crippen LogP contribution in [-0.2, 0) is 19.1 Å². The number of hydrogen-bond donors (Lipinski definition) is 2. The molecule has 0 saturated carbocycles. The molecule has 11 nitrogen and oxygen atoms in total. The molecular formula is C20H27N3O8. The highest BCUT2D eigenvalue weighted by molar-refractivity contribution is 5.98. The Morgan fingerprint density at radius 1 is 1.16 bits per heavy atom. The van der Waals surface area contributed by atoms with Crippen molar-refractivity contribution in [3.05, 3.63) is 23.8 Å². The average Bonchev–Trinajstić information content (AvgIpc) is 2.77. The molecule has 0 spiro atoms. The van der Waals surface area contributed by atoms with E-state index in [1.54, 1.807) is 11.8 Å². The van der Waals surface area contributed by atoms with Crippen LogP contribution in [0.5, 0.6) is 11.5 Å². The first-order chi connectivity index (χ1) is 14.8. The van der Waals surface area contributed by atoms with Crippen molar-refractivity contribution in [2.24, 2.45) is 0 Å². The van der Waals surface area contributed by atoms with Gasteiger partial charge in [-0.2, -0.15) is 0 Å². The van der Waals surface area contributed by atoms with Crippen LogP contribution in [0.25, 0.3) is 0 Å². The molecule has 0 unspecified atom stereocenters. The largest absolute Gasteiger partial charge is 0.493 e. The molecule has 4 amide bonds. The van der Waals surface area contributed by atoms with Gasteiger partial charge in [0.05, 0.1) is 25.9 Å². The van der Waals surface area contributed by atoms with Gasteiger partial charge in [0.1, 0.15) is 0 Å². The van der Waals surface area contributed by atoms with E-state index in [9.17, 15) is 19.2 Å². The number of hydrogen-bond acceptors (Lipinski definition) is 8. The van der Waals surface area contributed by atoms with Crippen LogP contribution in [0.4, 0.5) is 4.79 Å². The molecule has 0 radical (unpaired) electrons. The van der Waals surface area contributed by atoms with Crippen molar-refractivity contribution >= 4 is 23.8 Å². The topological polar surface area (TPSA) is 132 Å². The fourth-order valence-electron chi connectivity index (χ4n) is 2.66. The van der Waals surface area contributed by atoms with Gasteiger partial charge in [-0.25, -0.2) is 9.59 Å². The van der Waals surface area contributed by atoms with E-state index in [0.717, 1.165) is 0 Å². The lowest BCUT2D eigenvalue weighted by Gasteiger charge is -2.26. The van der Waals surface area contributed by atoms with Gasteiger partial charge >= 0.3 is 12.0 Å². The quantitative estimate of drug-likeness (QED) is 0.556. The average molecular weight is 437 g/mol. The number of imide groups is 1. The fraction of sp³-hybridized carbons (Fsp3) is 0.500. The van der Waals surface area contributed by atoms with E-state index < -0.39 is 24.0 Å². The summed E-state index contributed by atoms with van der Waals surface area (Å²) in [6, 6.07) is 3.60. The number of carbonyl (C=O) groups is 4. The summed E-state index contributed by atoms with van der Waals surface area (Å²) in [5, 5.41) is 4.47. The Morgan fingerprint density at radius 3 is 2.52 bits per heavy atom. The lowest BCUT2D eigenvalue weighted by Crippen LogP contribution is -2.44. The Balaban J connectivity index is 1.94. The highest BCUT2D eigenvalue weighted by Crippen LogP contribution is 2.28. The molecule has 2 rings (SSSR count). The normalized spacial score (nSPS) is 14.2. The summed E-state index contributed by atoms with van der Waals surface area (Å²) in [6.45, 7) is 5.21. The molecule has 1 aromatic carbocycles. The number of ether oxygens (including phenoxy) is 4. The van der Waals surface area contributed by atoms with Crippen LogP contribution in [0.3, 0.4) is 0 Å². The van der Waals surface area contributed by atoms with Gasteiger partial charge in [-0.15, -0.1) is 0 Å². The van der Waals surface area contributed by atoms with Crippen molar-refractivity contribution in [1.82, 2.24) is 15.5 Å². The highest BCUT2D eigenvalue weighted by atomic mass is 16.5. The third-order valence-electron chi connectivity index (χ3n) is 4.34. The number of esters is 1. The number of rotatable bonds is 8. The molecule has 0 aromatic heterocycles. The van der Waals surface area contributed by atoms with Crippen molar-refractivity contribution < 1.29 is 38.1 Å². The Bertz CT molecular complexity index is 808. The van der Waals surface area contributed by atoms with E-state index in [2.05, 4.69) is 10.6 Å². The summed E-state index contributed by atoms with van der Waals surface area (Å²) in [5.74, 6) is -1.22. The lowest BCUT2D eigenvalue weighted by molar-refractivity contribution is -0.137. The van der Waals surface area contributed by atoms with Crippen LogP contribution in [0.1, 0.15) is 24.2 Å². The number of urea groups is 1. The van der Waals surface area contributed by atoms with Crippen molar-refractivity contribution in [2.45, 2.75) is 20.0 Å². The second-order valence-corrected chi connectivity index (χ2v) is 6.54. The molecule has 31 heavy (non-hydrogen) atoms. The summed E-state index contributed by atoms with van der Waals surface area (Å²) in [5.41, 5.74) is 0.112. The summed E-state index contributed by atoms with van der Waals surface area (Å²) in [6.07, 6.45) is -1.19. The van der Waals surface area contributed by atoms with E-state index in [-0.39, 0.29) is 29.6 Å². The van der Waals surface area contributed by atoms with Gasteiger partial charge in [0.2, 0.25) is 0 Å². The summed E-state index contributed by atoms with van der Waals surface area (Å²) >= 11 is 0. The maximum absolute atomic E-state index is 12.4. The third kappa shape index (κ3) is 7.14. The maximum Gasteiger partial charge on any atom is 0.339 e. The molecular weight excluding hydrogens is 410 g/mol. The van der Waals surface area contributed by atoms with E-state index in [1.807, 2.05) is 0 Å². The summed E-state index contributed by atoms with van der Waals surface area (Å²) in [4.78, 5) is 49.5. The van der Waals surface area contributed by atoms with E-state index in [0.29, 0.717) is 32.8 Å². The summed E-state index contributed by atoms with van der Waals surface area (Å²) in [7, 11) is 1.39. The summed E-state index contributed by atoms with van der Waals surface area (Å²) < 4.78 is 21.1. The van der Waals surface area contributed by atoms with Gasteiger partial charge in [0.25, 0.3) is 11.8 Å². The van der Waals surface area contributed by atoms with Crippen LogP contribution in [0.2, 0.25) is 0 Å². The van der Waals surface area contributed by atoms with Crippen LogP contribution in [-0.4, -0.2) is 81.4 Å². The van der Waals surface area contributed by atoms with Gasteiger partial charge in [-0.05, 0) is 32.0 Å². The predicted octanol–water partition coefficient (Wildman–Crippen LogP) is 0.324. The third-order valence-corrected chi connectivity index (χ3v) is 4.34. The number of carbonyl (C=O) groups excluding carboxylic acids is 4. The Hall–Kier alpha value is -3.34. The van der Waals surface area contributed by atoms with Crippen LogP contribution in [0, 0.1) is 0 Å². The molecule has 1 aliphatic heterocycles. The molecule has 1 heterocycles. The van der Waals surface area contributed by atoms with Gasteiger partial charge in [-0.1, -0.05) is 0 Å². The minimum atomic E-state index is -1.19. The SMILES string of the molecule is CCNC(=O)NC(=O)[C@H](C)OC(=O)c1ccc(OCC(=O)N2CCOCC2)c(OC)c1. The van der Waals surface area contributed by atoms with Crippen LogP contribution in [0.15, 0.2) is 18.2 Å². The molecule has 1 saturated heterocycles. The Morgan fingerprint density at radius 2 is 1.87 bits per heavy atom. The zero-order valence-corrected chi connectivity index (χ0v) is 17.8. The van der Waals surface area contributed by atoms with Crippen LogP contribution >= 0.6 is 0 Å². The van der Waals surface area contributed by atoms with Gasteiger partial charge in [0.15, 0.2) is 24.2 Å². The zero-order valence-electron chi connectivity index (χ0n) is 17.8. The minimum absolute atomic E-state index is 0.112. The second-order valence-electron chi connectivity index (χ2n) is 6.54. The predicted molar refractivity (Wildman–Crippen MR) is 108 cm³/mol. The number of amides is 4. The molecule has 0 bridgehead atoms. The Labute approximate surface area is 179 Å². The fourth-order valence-corrected chi connectivity index (χ4v) is 2.66. The van der Waals surface area contributed by atoms with Gasteiger partial charge < -0.3 is 29.2 Å². The number of nitrogens with one attached hydrogen (secondary N) is 2. The molecule has 1 atom stereocenters. The number of morpholine rings is 1. The first kappa shape index (κ1) is 23.9. The molecule has 1 aromatic rings. The van der Waals surface area contributed by atoms with E-state index in [4.69, 9.17) is 18.9 Å². The van der Waals surface area contributed by atoms with Crippen molar-refractivity contribution in [1.29, 1.82) is 0 Å². The maximum atomic E-state index is 12.4. The highest BCUT2D eigenvalue weighted by Gasteiger charge is 2.22. The molecule has 1 aliphatic rings. The van der Waals surface area contributed by atoms with Crippen molar-refractivity contribution in [3.8, 4) is 11.5 Å². The number of nitrogens with zero attached hydrogens (tertiary/aromatic N) is 1. The second kappa shape index (κ2) is 11.7. The molecule has 1 fully saturated rings.